The fourth-order valence-electron chi connectivity index (χ4n) is 6.54. The number of aliphatic hydroxyl groups is 1. The zero-order chi connectivity index (χ0) is 27.6. The summed E-state index contributed by atoms with van der Waals surface area (Å²) in [5.74, 6) is 1.88. The summed E-state index contributed by atoms with van der Waals surface area (Å²) in [5, 5.41) is 12.0. The van der Waals surface area contributed by atoms with Crippen LogP contribution in [0.2, 0.25) is 5.15 Å². The number of piperidine rings is 2. The highest BCUT2D eigenvalue weighted by Gasteiger charge is 2.50. The summed E-state index contributed by atoms with van der Waals surface area (Å²) in [7, 11) is 3.41. The quantitative estimate of drug-likeness (QED) is 0.491. The number of carbonyl (C=O) groups excluding carboxylic acids is 2. The van der Waals surface area contributed by atoms with Crippen LogP contribution in [0, 0.1) is 17.8 Å². The number of rotatable bonds is 7. The van der Waals surface area contributed by atoms with Gasteiger partial charge in [-0.05, 0) is 74.5 Å². The highest BCUT2D eigenvalue weighted by Crippen LogP contribution is 2.44. The van der Waals surface area contributed by atoms with Crippen LogP contribution in [0.5, 0.6) is 0 Å². The van der Waals surface area contributed by atoms with Crippen LogP contribution in [0.25, 0.3) is 0 Å². The van der Waals surface area contributed by atoms with Crippen LogP contribution in [0.15, 0.2) is 42.5 Å². The second-order valence-electron chi connectivity index (χ2n) is 11.9. The number of hydrogen-bond donors (Lipinski definition) is 1. The standard InChI is InChI=1S/C31H41ClN4O3/c1-34(2)29(37)26-11-12-27(33-28(26)32)35-17-13-22(14-18-35)21-23-15-19-36(20-16-23)30(38)31(39,25-9-6-10-25)24-7-4-3-5-8-24/h3-5,7-8,11-12,22-23,25,39H,6,9-10,13-21H2,1-2H3. The van der Waals surface area contributed by atoms with Gasteiger partial charge >= 0.3 is 0 Å². The van der Waals surface area contributed by atoms with Gasteiger partial charge in [-0.2, -0.15) is 0 Å². The summed E-state index contributed by atoms with van der Waals surface area (Å²) >= 11 is 6.34. The van der Waals surface area contributed by atoms with Gasteiger partial charge in [-0.25, -0.2) is 4.98 Å². The Morgan fingerprint density at radius 1 is 0.949 bits per heavy atom. The zero-order valence-electron chi connectivity index (χ0n) is 23.2. The third-order valence-electron chi connectivity index (χ3n) is 9.21. The number of halogens is 1. The maximum Gasteiger partial charge on any atom is 0.259 e. The Hall–Kier alpha value is -2.64. The molecule has 1 aliphatic carbocycles. The van der Waals surface area contributed by atoms with Crippen molar-refractivity contribution in [3.63, 3.8) is 0 Å². The Balaban J connectivity index is 1.12. The van der Waals surface area contributed by atoms with Gasteiger partial charge in [0.05, 0.1) is 5.56 Å². The van der Waals surface area contributed by atoms with E-state index in [1.165, 1.54) is 11.3 Å². The number of aromatic nitrogens is 1. The minimum atomic E-state index is -1.39. The van der Waals surface area contributed by atoms with Crippen LogP contribution in [0.3, 0.4) is 0 Å². The molecule has 2 aliphatic heterocycles. The van der Waals surface area contributed by atoms with E-state index in [0.717, 1.165) is 82.5 Å². The van der Waals surface area contributed by atoms with Crippen molar-refractivity contribution < 1.29 is 14.7 Å². The largest absolute Gasteiger partial charge is 0.375 e. The Morgan fingerprint density at radius 3 is 2.10 bits per heavy atom. The molecule has 1 saturated carbocycles. The highest BCUT2D eigenvalue weighted by molar-refractivity contribution is 6.32. The van der Waals surface area contributed by atoms with E-state index in [9.17, 15) is 14.7 Å². The molecule has 1 unspecified atom stereocenters. The average molecular weight is 553 g/mol. The molecule has 2 amide bonds. The van der Waals surface area contributed by atoms with Gasteiger partial charge in [0.25, 0.3) is 11.8 Å². The van der Waals surface area contributed by atoms with E-state index in [4.69, 9.17) is 11.6 Å². The van der Waals surface area contributed by atoms with Crippen LogP contribution in [-0.2, 0) is 10.4 Å². The van der Waals surface area contributed by atoms with Crippen molar-refractivity contribution in [1.29, 1.82) is 0 Å². The molecule has 2 saturated heterocycles. The molecule has 210 valence electrons. The molecule has 5 rings (SSSR count). The summed E-state index contributed by atoms with van der Waals surface area (Å²) in [6.07, 6.45) is 8.29. The third-order valence-corrected chi connectivity index (χ3v) is 9.50. The Kier molecular flexibility index (Phi) is 8.48. The first kappa shape index (κ1) is 27.9. The lowest BCUT2D eigenvalue weighted by Gasteiger charge is -2.45. The van der Waals surface area contributed by atoms with E-state index in [2.05, 4.69) is 9.88 Å². The van der Waals surface area contributed by atoms with Gasteiger partial charge in [0.15, 0.2) is 5.60 Å². The van der Waals surface area contributed by atoms with Crippen molar-refractivity contribution in [1.82, 2.24) is 14.8 Å². The molecule has 1 atom stereocenters. The van der Waals surface area contributed by atoms with Crippen LogP contribution < -0.4 is 4.90 Å². The molecule has 3 heterocycles. The molecule has 7 nitrogen and oxygen atoms in total. The molecule has 0 radical (unpaired) electrons. The van der Waals surface area contributed by atoms with Crippen LogP contribution >= 0.6 is 11.6 Å². The monoisotopic (exact) mass is 552 g/mol. The molecule has 1 aromatic heterocycles. The lowest BCUT2D eigenvalue weighted by molar-refractivity contribution is -0.165. The lowest BCUT2D eigenvalue weighted by Crippen LogP contribution is -2.54. The summed E-state index contributed by atoms with van der Waals surface area (Å²) in [5.41, 5.74) is -0.225. The van der Waals surface area contributed by atoms with Crippen molar-refractivity contribution in [2.45, 2.75) is 57.0 Å². The number of anilines is 1. The molecule has 3 fully saturated rings. The lowest BCUT2D eigenvalue weighted by atomic mass is 9.68. The first-order valence-corrected chi connectivity index (χ1v) is 14.9. The number of carbonyl (C=O) groups is 2. The van der Waals surface area contributed by atoms with Gasteiger partial charge < -0.3 is 19.8 Å². The predicted molar refractivity (Wildman–Crippen MR) is 154 cm³/mol. The van der Waals surface area contributed by atoms with E-state index >= 15 is 0 Å². The zero-order valence-corrected chi connectivity index (χ0v) is 23.9. The summed E-state index contributed by atoms with van der Waals surface area (Å²) in [4.78, 5) is 36.1. The topological polar surface area (TPSA) is 77.0 Å². The van der Waals surface area contributed by atoms with Crippen molar-refractivity contribution in [2.24, 2.45) is 17.8 Å². The third kappa shape index (κ3) is 5.80. The van der Waals surface area contributed by atoms with E-state index in [-0.39, 0.29) is 22.9 Å². The minimum Gasteiger partial charge on any atom is -0.375 e. The summed E-state index contributed by atoms with van der Waals surface area (Å²) < 4.78 is 0. The molecular formula is C31H41ClN4O3. The smallest absolute Gasteiger partial charge is 0.259 e. The normalized spacial score (nSPS) is 20.8. The van der Waals surface area contributed by atoms with Crippen molar-refractivity contribution >= 4 is 29.2 Å². The van der Waals surface area contributed by atoms with Crippen LogP contribution in [-0.4, -0.2) is 72.0 Å². The molecule has 8 heteroatoms. The molecule has 0 spiro atoms. The van der Waals surface area contributed by atoms with Gasteiger partial charge in [-0.3, -0.25) is 9.59 Å². The first-order chi connectivity index (χ1) is 18.8. The Morgan fingerprint density at radius 2 is 1.56 bits per heavy atom. The van der Waals surface area contributed by atoms with Gasteiger partial charge in [-0.15, -0.1) is 0 Å². The van der Waals surface area contributed by atoms with E-state index in [1.807, 2.05) is 41.3 Å². The average Bonchev–Trinajstić information content (AvgIpc) is 2.92. The number of benzene rings is 1. The van der Waals surface area contributed by atoms with Gasteiger partial charge in [0.2, 0.25) is 0 Å². The number of pyridine rings is 1. The van der Waals surface area contributed by atoms with E-state index < -0.39 is 5.60 Å². The minimum absolute atomic E-state index is 0.0179. The Bertz CT molecular complexity index is 1160. The SMILES string of the molecule is CN(C)C(=O)c1ccc(N2CCC(CC3CCN(C(=O)C(O)(c4ccccc4)C4CCC4)CC3)CC2)nc1Cl. The first-order valence-electron chi connectivity index (χ1n) is 14.5. The molecular weight excluding hydrogens is 512 g/mol. The second kappa shape index (κ2) is 11.8. The summed E-state index contributed by atoms with van der Waals surface area (Å²) in [6.45, 7) is 3.31. The van der Waals surface area contributed by atoms with Crippen molar-refractivity contribution in [2.75, 3.05) is 45.2 Å². The molecule has 39 heavy (non-hydrogen) atoms. The molecule has 2 aromatic rings. The van der Waals surface area contributed by atoms with E-state index in [0.29, 0.717) is 17.4 Å². The van der Waals surface area contributed by atoms with Crippen molar-refractivity contribution in [3.05, 3.63) is 58.7 Å². The fraction of sp³-hybridized carbons (Fsp3) is 0.581. The van der Waals surface area contributed by atoms with Gasteiger partial charge in [0, 0.05) is 46.2 Å². The maximum absolute atomic E-state index is 13.7. The molecule has 3 aliphatic rings. The second-order valence-corrected chi connectivity index (χ2v) is 12.2. The predicted octanol–water partition coefficient (Wildman–Crippen LogP) is 4.97. The maximum atomic E-state index is 13.7. The highest BCUT2D eigenvalue weighted by atomic mass is 35.5. The van der Waals surface area contributed by atoms with Gasteiger partial charge in [0.1, 0.15) is 11.0 Å². The fourth-order valence-corrected chi connectivity index (χ4v) is 6.77. The number of nitrogens with zero attached hydrogens (tertiary/aromatic N) is 4. The van der Waals surface area contributed by atoms with Crippen molar-refractivity contribution in [3.8, 4) is 0 Å². The van der Waals surface area contributed by atoms with Crippen LogP contribution in [0.4, 0.5) is 5.82 Å². The summed E-state index contributed by atoms with van der Waals surface area (Å²) in [6, 6.07) is 13.2. The molecule has 0 bridgehead atoms. The van der Waals surface area contributed by atoms with Gasteiger partial charge in [-0.1, -0.05) is 48.4 Å². The van der Waals surface area contributed by atoms with Crippen LogP contribution in [0.1, 0.15) is 67.3 Å². The Labute approximate surface area is 237 Å². The number of amides is 2. The number of likely N-dealkylation sites (tertiary alicyclic amines) is 1. The molecule has 1 N–H and O–H groups in total. The number of hydrogen-bond acceptors (Lipinski definition) is 5. The van der Waals surface area contributed by atoms with E-state index in [1.54, 1.807) is 20.2 Å². The molecule has 1 aromatic carbocycles.